The summed E-state index contributed by atoms with van der Waals surface area (Å²) in [6.45, 7) is 1.86. The van der Waals surface area contributed by atoms with E-state index in [-0.39, 0.29) is 11.3 Å². The highest BCUT2D eigenvalue weighted by Crippen LogP contribution is 2.32. The highest BCUT2D eigenvalue weighted by atomic mass is 16.2. The number of fused-ring (bicyclic) bond motifs is 1. The fourth-order valence-corrected chi connectivity index (χ4v) is 4.15. The summed E-state index contributed by atoms with van der Waals surface area (Å²) < 4.78 is 1.18. The Balaban J connectivity index is 1.52. The molecule has 0 unspecified atom stereocenters. The Bertz CT molecular complexity index is 1160. The van der Waals surface area contributed by atoms with Crippen LogP contribution >= 0.6 is 0 Å². The van der Waals surface area contributed by atoms with Crippen LogP contribution in [0, 0.1) is 0 Å². The van der Waals surface area contributed by atoms with Crippen LogP contribution in [0.4, 0.5) is 0 Å². The van der Waals surface area contributed by atoms with E-state index in [1.54, 1.807) is 24.3 Å². The van der Waals surface area contributed by atoms with Crippen LogP contribution in [0.5, 0.6) is 0 Å². The smallest absolute Gasteiger partial charge is 0.267 e. The van der Waals surface area contributed by atoms with Gasteiger partial charge in [-0.3, -0.25) is 9.59 Å². The first-order valence-electron chi connectivity index (χ1n) is 10.5. The number of hydrogen-bond acceptors (Lipinski definition) is 4. The Morgan fingerprint density at radius 3 is 2.40 bits per heavy atom. The molecule has 0 aliphatic heterocycles. The highest BCUT2D eigenvalue weighted by molar-refractivity contribution is 6.06. The van der Waals surface area contributed by atoms with Gasteiger partial charge in [-0.2, -0.15) is 10.2 Å². The van der Waals surface area contributed by atoms with Crippen molar-refractivity contribution in [3.63, 3.8) is 0 Å². The molecule has 4 rings (SSSR count). The van der Waals surface area contributed by atoms with Gasteiger partial charge in [0.05, 0.1) is 11.1 Å². The molecule has 1 saturated carbocycles. The number of nitrogens with zero attached hydrogens (tertiary/aromatic N) is 3. The lowest BCUT2D eigenvalue weighted by molar-refractivity contribution is 0.0949. The molecule has 2 aromatic carbocycles. The zero-order chi connectivity index (χ0) is 21.1. The number of nitrogens with one attached hydrogen (secondary N) is 1. The maximum atomic E-state index is 12.7. The Kier molecular flexibility index (Phi) is 5.74. The number of hydrogen-bond donors (Lipinski definition) is 1. The van der Waals surface area contributed by atoms with Crippen LogP contribution in [0.3, 0.4) is 0 Å². The minimum absolute atomic E-state index is 0.178. The molecule has 1 fully saturated rings. The van der Waals surface area contributed by atoms with Crippen LogP contribution in [-0.4, -0.2) is 21.4 Å². The van der Waals surface area contributed by atoms with Crippen LogP contribution in [-0.2, 0) is 7.05 Å². The van der Waals surface area contributed by atoms with Crippen molar-refractivity contribution in [1.29, 1.82) is 0 Å². The summed E-state index contributed by atoms with van der Waals surface area (Å²) in [5.41, 5.74) is 5.59. The number of aryl methyl sites for hydroxylation is 1. The number of rotatable bonds is 4. The third kappa shape index (κ3) is 4.03. The van der Waals surface area contributed by atoms with Crippen LogP contribution in [0.25, 0.3) is 10.8 Å². The van der Waals surface area contributed by atoms with Crippen LogP contribution in [0.1, 0.15) is 66.6 Å². The molecule has 1 amide bonds. The van der Waals surface area contributed by atoms with Crippen LogP contribution in [0.2, 0.25) is 0 Å². The predicted octanol–water partition coefficient (Wildman–Crippen LogP) is 4.14. The molecular formula is C24H26N4O2. The molecule has 1 N–H and O–H groups in total. The molecule has 154 valence electrons. The second-order valence-electron chi connectivity index (χ2n) is 7.92. The monoisotopic (exact) mass is 402 g/mol. The highest BCUT2D eigenvalue weighted by Gasteiger charge is 2.16. The lowest BCUT2D eigenvalue weighted by Gasteiger charge is -2.22. The lowest BCUT2D eigenvalue weighted by Crippen LogP contribution is -2.27. The SMILES string of the molecule is C/C(=N\NC(=O)c1nn(C)c(=O)c2ccccc12)c1ccc(C2CCCCC2)cc1. The van der Waals surface area contributed by atoms with Gasteiger partial charge in [-0.25, -0.2) is 10.1 Å². The number of hydrazone groups is 1. The van der Waals surface area contributed by atoms with Crippen molar-refractivity contribution in [3.05, 3.63) is 75.7 Å². The Morgan fingerprint density at radius 1 is 1.03 bits per heavy atom. The third-order valence-corrected chi connectivity index (χ3v) is 5.90. The second kappa shape index (κ2) is 8.61. The summed E-state index contributed by atoms with van der Waals surface area (Å²) in [5, 5.41) is 9.37. The minimum Gasteiger partial charge on any atom is -0.267 e. The Hall–Kier alpha value is -3.28. The molecule has 1 aliphatic carbocycles. The van der Waals surface area contributed by atoms with Gasteiger partial charge in [-0.15, -0.1) is 0 Å². The van der Waals surface area contributed by atoms with Crippen molar-refractivity contribution in [1.82, 2.24) is 15.2 Å². The van der Waals surface area contributed by atoms with E-state index in [4.69, 9.17) is 0 Å². The van der Waals surface area contributed by atoms with E-state index in [1.165, 1.54) is 49.4 Å². The van der Waals surface area contributed by atoms with Gasteiger partial charge in [-0.05, 0) is 42.9 Å². The minimum atomic E-state index is -0.444. The van der Waals surface area contributed by atoms with Crippen LogP contribution < -0.4 is 11.0 Å². The fourth-order valence-electron chi connectivity index (χ4n) is 4.15. The average molecular weight is 402 g/mol. The van der Waals surface area contributed by atoms with E-state index < -0.39 is 5.91 Å². The van der Waals surface area contributed by atoms with Crippen molar-refractivity contribution in [2.24, 2.45) is 12.1 Å². The summed E-state index contributed by atoms with van der Waals surface area (Å²) in [5.74, 6) is 0.216. The van der Waals surface area contributed by atoms with Gasteiger partial charge in [-0.1, -0.05) is 61.7 Å². The molecule has 6 nitrogen and oxygen atoms in total. The van der Waals surface area contributed by atoms with Gasteiger partial charge in [0.1, 0.15) is 0 Å². The quantitative estimate of drug-likeness (QED) is 0.526. The third-order valence-electron chi connectivity index (χ3n) is 5.90. The fraction of sp³-hybridized carbons (Fsp3) is 0.333. The van der Waals surface area contributed by atoms with Gasteiger partial charge in [0.2, 0.25) is 0 Å². The van der Waals surface area contributed by atoms with E-state index in [2.05, 4.69) is 39.9 Å². The van der Waals surface area contributed by atoms with Crippen molar-refractivity contribution in [2.45, 2.75) is 44.9 Å². The van der Waals surface area contributed by atoms with Crippen molar-refractivity contribution >= 4 is 22.4 Å². The molecule has 1 heterocycles. The molecule has 0 atom stereocenters. The number of carbonyl (C=O) groups excluding carboxylic acids is 1. The second-order valence-corrected chi connectivity index (χ2v) is 7.92. The molecule has 3 aromatic rings. The number of benzene rings is 2. The van der Waals surface area contributed by atoms with E-state index in [0.717, 1.165) is 5.56 Å². The first-order chi connectivity index (χ1) is 14.5. The summed E-state index contributed by atoms with van der Waals surface area (Å²) in [7, 11) is 1.54. The van der Waals surface area contributed by atoms with Gasteiger partial charge < -0.3 is 0 Å². The van der Waals surface area contributed by atoms with E-state index in [9.17, 15) is 9.59 Å². The molecule has 0 spiro atoms. The molecule has 0 bridgehead atoms. The topological polar surface area (TPSA) is 76.3 Å². The van der Waals surface area contributed by atoms with Crippen molar-refractivity contribution < 1.29 is 4.79 Å². The average Bonchev–Trinajstić information content (AvgIpc) is 2.80. The molecule has 0 radical (unpaired) electrons. The zero-order valence-electron chi connectivity index (χ0n) is 17.4. The van der Waals surface area contributed by atoms with Crippen molar-refractivity contribution in [3.8, 4) is 0 Å². The maximum Gasteiger partial charge on any atom is 0.292 e. The van der Waals surface area contributed by atoms with E-state index in [1.807, 2.05) is 6.92 Å². The first kappa shape index (κ1) is 20.0. The van der Waals surface area contributed by atoms with E-state index >= 15 is 0 Å². The van der Waals surface area contributed by atoms with Gasteiger partial charge >= 0.3 is 0 Å². The van der Waals surface area contributed by atoms with Gasteiger partial charge in [0.25, 0.3) is 11.5 Å². The summed E-state index contributed by atoms with van der Waals surface area (Å²) >= 11 is 0. The molecule has 6 heteroatoms. The summed E-state index contributed by atoms with van der Waals surface area (Å²) in [6.07, 6.45) is 6.51. The molecule has 1 aliphatic rings. The zero-order valence-corrected chi connectivity index (χ0v) is 17.4. The molecule has 30 heavy (non-hydrogen) atoms. The Morgan fingerprint density at radius 2 is 1.70 bits per heavy atom. The van der Waals surface area contributed by atoms with E-state index in [0.29, 0.717) is 22.4 Å². The lowest BCUT2D eigenvalue weighted by atomic mass is 9.84. The number of amides is 1. The number of aromatic nitrogens is 2. The van der Waals surface area contributed by atoms with Crippen LogP contribution in [0.15, 0.2) is 58.4 Å². The van der Waals surface area contributed by atoms with Gasteiger partial charge in [0.15, 0.2) is 5.69 Å². The normalized spacial score (nSPS) is 15.3. The summed E-state index contributed by atoms with van der Waals surface area (Å²) in [4.78, 5) is 25.0. The molecular weight excluding hydrogens is 376 g/mol. The first-order valence-corrected chi connectivity index (χ1v) is 10.5. The Labute approximate surface area is 175 Å². The molecule has 0 saturated heterocycles. The van der Waals surface area contributed by atoms with Gasteiger partial charge in [0, 0.05) is 12.4 Å². The number of carbonyl (C=O) groups is 1. The summed E-state index contributed by atoms with van der Waals surface area (Å²) in [6, 6.07) is 15.4. The van der Waals surface area contributed by atoms with Crippen molar-refractivity contribution in [2.75, 3.05) is 0 Å². The predicted molar refractivity (Wildman–Crippen MR) is 119 cm³/mol. The maximum absolute atomic E-state index is 12.7. The standard InChI is InChI=1S/C24H26N4O2/c1-16(17-12-14-19(15-13-17)18-8-4-3-5-9-18)25-26-23(29)22-20-10-6-7-11-21(20)24(30)28(2)27-22/h6-7,10-15,18H,3-5,8-9H2,1-2H3,(H,26,29)/b25-16+. The molecule has 1 aromatic heterocycles. The largest absolute Gasteiger partial charge is 0.292 e.